The molecule has 0 unspecified atom stereocenters. The van der Waals surface area contributed by atoms with E-state index in [9.17, 15) is 4.79 Å². The van der Waals surface area contributed by atoms with Crippen LogP contribution in [0.15, 0.2) is 18.2 Å². The summed E-state index contributed by atoms with van der Waals surface area (Å²) in [7, 11) is 0. The van der Waals surface area contributed by atoms with E-state index in [1.165, 1.54) is 6.07 Å². The third kappa shape index (κ3) is 3.15. The van der Waals surface area contributed by atoms with E-state index in [1.807, 2.05) is 13.8 Å². The third-order valence-electron chi connectivity index (χ3n) is 1.49. The van der Waals surface area contributed by atoms with Gasteiger partial charge in [-0.25, -0.2) is 4.79 Å². The molecule has 0 aliphatic carbocycles. The second kappa shape index (κ2) is 5.19. The number of aryl methyl sites for hydroxylation is 1. The monoisotopic (exact) mass is 181 g/mol. The van der Waals surface area contributed by atoms with Crippen molar-refractivity contribution in [1.82, 2.24) is 0 Å². The van der Waals surface area contributed by atoms with Crippen molar-refractivity contribution in [3.05, 3.63) is 29.3 Å². The minimum absolute atomic E-state index is 0.269. The Morgan fingerprint density at radius 1 is 1.38 bits per heavy atom. The Morgan fingerprint density at radius 3 is 2.31 bits per heavy atom. The fourth-order valence-corrected chi connectivity index (χ4v) is 0.870. The second-order valence-electron chi connectivity index (χ2n) is 2.38. The molecule has 1 rings (SSSR count). The minimum atomic E-state index is -0.935. The van der Waals surface area contributed by atoms with Gasteiger partial charge in [0.2, 0.25) is 0 Å². The summed E-state index contributed by atoms with van der Waals surface area (Å²) in [5, 5.41) is 8.63. The number of benzene rings is 1. The quantitative estimate of drug-likeness (QED) is 0.653. The lowest BCUT2D eigenvalue weighted by Gasteiger charge is -2.00. The molecule has 1 aromatic rings. The van der Waals surface area contributed by atoms with Crippen LogP contribution in [0.2, 0.25) is 0 Å². The van der Waals surface area contributed by atoms with Crippen molar-refractivity contribution in [3.8, 4) is 0 Å². The first kappa shape index (κ1) is 11.5. The molecule has 0 heterocycles. The van der Waals surface area contributed by atoms with Crippen LogP contribution in [0.3, 0.4) is 0 Å². The highest BCUT2D eigenvalue weighted by atomic mass is 16.4. The van der Waals surface area contributed by atoms with E-state index in [-0.39, 0.29) is 5.56 Å². The number of carboxylic acids is 1. The number of nitrogens with two attached hydrogens (primary N) is 1. The molecule has 0 amide bonds. The average Bonchev–Trinajstić information content (AvgIpc) is 2.12. The Balaban J connectivity index is 0.000000671. The van der Waals surface area contributed by atoms with Gasteiger partial charge in [0.05, 0.1) is 5.56 Å². The molecule has 3 nitrogen and oxygen atoms in total. The molecule has 0 spiro atoms. The fraction of sp³-hybridized carbons (Fsp3) is 0.300. The van der Waals surface area contributed by atoms with Crippen molar-refractivity contribution in [2.45, 2.75) is 20.8 Å². The van der Waals surface area contributed by atoms with Gasteiger partial charge >= 0.3 is 5.97 Å². The molecule has 0 saturated heterocycles. The van der Waals surface area contributed by atoms with Gasteiger partial charge in [0, 0.05) is 5.69 Å². The standard InChI is InChI=1S/C8H9NO2.C2H6/c1-5-2-3-6(9)4-7(5)8(10)11;1-2/h2-4H,9H2,1H3,(H,10,11);1-2H3. The lowest BCUT2D eigenvalue weighted by molar-refractivity contribution is 0.0696. The maximum atomic E-state index is 10.5. The van der Waals surface area contributed by atoms with Crippen LogP contribution >= 0.6 is 0 Å². The van der Waals surface area contributed by atoms with Crippen molar-refractivity contribution in [2.75, 3.05) is 5.73 Å². The van der Waals surface area contributed by atoms with Gasteiger partial charge in [0.25, 0.3) is 0 Å². The van der Waals surface area contributed by atoms with E-state index < -0.39 is 5.97 Å². The maximum absolute atomic E-state index is 10.5. The van der Waals surface area contributed by atoms with E-state index in [1.54, 1.807) is 19.1 Å². The molecule has 0 bridgehead atoms. The maximum Gasteiger partial charge on any atom is 0.336 e. The number of rotatable bonds is 1. The van der Waals surface area contributed by atoms with E-state index in [2.05, 4.69) is 0 Å². The van der Waals surface area contributed by atoms with Gasteiger partial charge in [-0.1, -0.05) is 19.9 Å². The van der Waals surface area contributed by atoms with Gasteiger partial charge in [-0.2, -0.15) is 0 Å². The van der Waals surface area contributed by atoms with Crippen LogP contribution < -0.4 is 5.73 Å². The van der Waals surface area contributed by atoms with E-state index in [4.69, 9.17) is 10.8 Å². The van der Waals surface area contributed by atoms with Gasteiger partial charge in [0.1, 0.15) is 0 Å². The summed E-state index contributed by atoms with van der Waals surface area (Å²) in [6, 6.07) is 4.83. The van der Waals surface area contributed by atoms with E-state index in [0.29, 0.717) is 5.69 Å². The first-order chi connectivity index (χ1) is 6.11. The molecule has 0 atom stereocenters. The lowest BCUT2D eigenvalue weighted by Crippen LogP contribution is -2.00. The fourth-order valence-electron chi connectivity index (χ4n) is 0.870. The van der Waals surface area contributed by atoms with Crippen LogP contribution in [0, 0.1) is 6.92 Å². The van der Waals surface area contributed by atoms with Crippen LogP contribution in [0.1, 0.15) is 29.8 Å². The third-order valence-corrected chi connectivity index (χ3v) is 1.49. The summed E-state index contributed by atoms with van der Waals surface area (Å²) in [6.45, 7) is 5.74. The molecule has 0 fully saturated rings. The lowest BCUT2D eigenvalue weighted by atomic mass is 10.1. The zero-order valence-corrected chi connectivity index (χ0v) is 8.16. The molecular formula is C10H15NO2. The molecule has 0 aliphatic rings. The normalized spacial score (nSPS) is 8.54. The Kier molecular flexibility index (Phi) is 4.59. The molecular weight excluding hydrogens is 166 g/mol. The summed E-state index contributed by atoms with van der Waals surface area (Å²) in [6.07, 6.45) is 0. The molecule has 72 valence electrons. The number of carboxylic acid groups (broad SMARTS) is 1. The highest BCUT2D eigenvalue weighted by Gasteiger charge is 2.05. The highest BCUT2D eigenvalue weighted by molar-refractivity contribution is 5.90. The first-order valence-electron chi connectivity index (χ1n) is 4.20. The molecule has 13 heavy (non-hydrogen) atoms. The smallest absolute Gasteiger partial charge is 0.336 e. The number of anilines is 1. The van der Waals surface area contributed by atoms with Gasteiger partial charge < -0.3 is 10.8 Å². The van der Waals surface area contributed by atoms with Crippen LogP contribution in [0.4, 0.5) is 5.69 Å². The molecule has 1 aromatic carbocycles. The van der Waals surface area contributed by atoms with Crippen LogP contribution in [-0.4, -0.2) is 11.1 Å². The second-order valence-corrected chi connectivity index (χ2v) is 2.38. The first-order valence-corrected chi connectivity index (χ1v) is 4.20. The van der Waals surface area contributed by atoms with Gasteiger partial charge in [-0.3, -0.25) is 0 Å². The van der Waals surface area contributed by atoms with Gasteiger partial charge in [0.15, 0.2) is 0 Å². The molecule has 3 N–H and O–H groups in total. The summed E-state index contributed by atoms with van der Waals surface area (Å²) in [5.74, 6) is -0.935. The Morgan fingerprint density at radius 2 is 1.92 bits per heavy atom. The minimum Gasteiger partial charge on any atom is -0.478 e. The molecule has 0 aliphatic heterocycles. The summed E-state index contributed by atoms with van der Waals surface area (Å²) in [4.78, 5) is 10.5. The Bertz CT molecular complexity index is 295. The van der Waals surface area contributed by atoms with Crippen molar-refractivity contribution in [3.63, 3.8) is 0 Å². The van der Waals surface area contributed by atoms with E-state index in [0.717, 1.165) is 5.56 Å². The molecule has 0 aromatic heterocycles. The summed E-state index contributed by atoms with van der Waals surface area (Å²) in [5.41, 5.74) is 6.88. The number of nitrogen functional groups attached to an aromatic ring is 1. The predicted molar refractivity (Wildman–Crippen MR) is 53.9 cm³/mol. The van der Waals surface area contributed by atoms with Crippen molar-refractivity contribution < 1.29 is 9.90 Å². The number of hydrogen-bond acceptors (Lipinski definition) is 2. The molecule has 3 heteroatoms. The topological polar surface area (TPSA) is 63.3 Å². The average molecular weight is 181 g/mol. The number of carbonyl (C=O) groups is 1. The molecule has 0 radical (unpaired) electrons. The summed E-state index contributed by atoms with van der Waals surface area (Å²) < 4.78 is 0. The number of hydrogen-bond donors (Lipinski definition) is 2. The predicted octanol–water partition coefficient (Wildman–Crippen LogP) is 2.30. The highest BCUT2D eigenvalue weighted by Crippen LogP contribution is 2.11. The van der Waals surface area contributed by atoms with Crippen LogP contribution in [0.5, 0.6) is 0 Å². The summed E-state index contributed by atoms with van der Waals surface area (Å²) >= 11 is 0. The van der Waals surface area contributed by atoms with Crippen molar-refractivity contribution in [1.29, 1.82) is 0 Å². The Hall–Kier alpha value is -1.51. The zero-order chi connectivity index (χ0) is 10.4. The van der Waals surface area contributed by atoms with E-state index >= 15 is 0 Å². The van der Waals surface area contributed by atoms with Crippen molar-refractivity contribution in [2.24, 2.45) is 0 Å². The largest absolute Gasteiger partial charge is 0.478 e. The van der Waals surface area contributed by atoms with Gasteiger partial charge in [-0.15, -0.1) is 0 Å². The molecule has 0 saturated carbocycles. The van der Waals surface area contributed by atoms with Crippen LogP contribution in [0.25, 0.3) is 0 Å². The zero-order valence-electron chi connectivity index (χ0n) is 8.16. The SMILES string of the molecule is CC.Cc1ccc(N)cc1C(=O)O. The Labute approximate surface area is 78.2 Å². The number of aromatic carboxylic acids is 1. The van der Waals surface area contributed by atoms with Crippen LogP contribution in [-0.2, 0) is 0 Å². The van der Waals surface area contributed by atoms with Crippen molar-refractivity contribution >= 4 is 11.7 Å². The van der Waals surface area contributed by atoms with Gasteiger partial charge in [-0.05, 0) is 24.6 Å².